The van der Waals surface area contributed by atoms with Gasteiger partial charge in [-0.1, -0.05) is 11.6 Å². The molecule has 1 aromatic carbocycles. The summed E-state index contributed by atoms with van der Waals surface area (Å²) in [4.78, 5) is 28.3. The molecule has 4 rings (SSSR count). The number of carbonyl (C=O) groups is 1. The van der Waals surface area contributed by atoms with E-state index in [4.69, 9.17) is 16.3 Å². The number of nitrogens with one attached hydrogen (secondary N) is 2. The number of nitrogens with zero attached hydrogens (tertiary/aromatic N) is 4. The summed E-state index contributed by atoms with van der Waals surface area (Å²) < 4.78 is 5.26. The van der Waals surface area contributed by atoms with E-state index in [9.17, 15) is 4.79 Å². The van der Waals surface area contributed by atoms with Crippen LogP contribution in [0.15, 0.2) is 55.0 Å². The number of hydrogen-bond acceptors (Lipinski definition) is 6. The van der Waals surface area contributed by atoms with Crippen LogP contribution in [0.5, 0.6) is 5.75 Å². The molecule has 1 aliphatic rings. The highest BCUT2D eigenvalue weighted by Crippen LogP contribution is 2.28. The fraction of sp³-hybridized carbons (Fsp3) is 0.333. The van der Waals surface area contributed by atoms with Crippen LogP contribution in [0.3, 0.4) is 0 Å². The van der Waals surface area contributed by atoms with Gasteiger partial charge < -0.3 is 15.4 Å². The van der Waals surface area contributed by atoms with E-state index >= 15 is 0 Å². The topological polar surface area (TPSA) is 92.3 Å². The molecule has 0 spiro atoms. The van der Waals surface area contributed by atoms with Gasteiger partial charge in [0.25, 0.3) is 0 Å². The molecular weight excluding hydrogens is 440 g/mol. The third-order valence-electron chi connectivity index (χ3n) is 5.73. The number of urea groups is 1. The van der Waals surface area contributed by atoms with Crippen LogP contribution in [0.2, 0.25) is 5.02 Å². The molecule has 0 radical (unpaired) electrons. The Labute approximate surface area is 198 Å². The summed E-state index contributed by atoms with van der Waals surface area (Å²) >= 11 is 5.94. The van der Waals surface area contributed by atoms with Crippen molar-refractivity contribution in [2.24, 2.45) is 0 Å². The van der Waals surface area contributed by atoms with Gasteiger partial charge in [0.1, 0.15) is 11.6 Å². The van der Waals surface area contributed by atoms with Crippen LogP contribution in [-0.4, -0.2) is 52.1 Å². The highest BCUT2D eigenvalue weighted by atomic mass is 35.5. The summed E-state index contributed by atoms with van der Waals surface area (Å²) in [6, 6.07) is 10.6. The molecule has 2 atom stereocenters. The molecule has 33 heavy (non-hydrogen) atoms. The second-order valence-electron chi connectivity index (χ2n) is 8.10. The zero-order valence-electron chi connectivity index (χ0n) is 18.7. The van der Waals surface area contributed by atoms with E-state index in [0.717, 1.165) is 43.1 Å². The Bertz CT molecular complexity index is 1060. The van der Waals surface area contributed by atoms with Crippen molar-refractivity contribution in [3.05, 3.63) is 77.1 Å². The van der Waals surface area contributed by atoms with Crippen molar-refractivity contribution < 1.29 is 9.53 Å². The first-order valence-corrected chi connectivity index (χ1v) is 11.2. The van der Waals surface area contributed by atoms with Gasteiger partial charge in [-0.3, -0.25) is 9.88 Å². The smallest absolute Gasteiger partial charge is 0.319 e. The molecule has 0 aliphatic carbocycles. The van der Waals surface area contributed by atoms with Crippen LogP contribution in [0.25, 0.3) is 0 Å². The molecule has 2 aromatic heterocycles. The lowest BCUT2D eigenvalue weighted by atomic mass is 9.88. The SMILES string of the molecule is COc1ccc(C2CN(Cc3cnc(C)nc3)CCC2NC(=O)Nc2ccc(Cl)cc2)nc1. The number of aromatic nitrogens is 3. The zero-order chi connectivity index (χ0) is 23.2. The maximum atomic E-state index is 12.7. The van der Waals surface area contributed by atoms with E-state index in [0.29, 0.717) is 16.5 Å². The van der Waals surface area contributed by atoms with Crippen molar-refractivity contribution in [1.29, 1.82) is 0 Å². The quantitative estimate of drug-likeness (QED) is 0.570. The Kier molecular flexibility index (Phi) is 7.36. The minimum atomic E-state index is -0.249. The summed E-state index contributed by atoms with van der Waals surface area (Å²) in [5.74, 6) is 1.48. The molecule has 0 saturated carbocycles. The van der Waals surface area contributed by atoms with Gasteiger partial charge in [-0.15, -0.1) is 0 Å². The van der Waals surface area contributed by atoms with Crippen molar-refractivity contribution in [2.45, 2.75) is 31.8 Å². The van der Waals surface area contributed by atoms with Crippen molar-refractivity contribution >= 4 is 23.3 Å². The lowest BCUT2D eigenvalue weighted by molar-refractivity contribution is 0.166. The molecule has 1 aliphatic heterocycles. The van der Waals surface area contributed by atoms with Gasteiger partial charge in [0.05, 0.1) is 13.3 Å². The van der Waals surface area contributed by atoms with Crippen LogP contribution in [0, 0.1) is 6.92 Å². The average molecular weight is 467 g/mol. The molecule has 2 N–H and O–H groups in total. The van der Waals surface area contributed by atoms with E-state index in [1.165, 1.54) is 0 Å². The number of pyridine rings is 1. The number of benzene rings is 1. The summed E-state index contributed by atoms with van der Waals surface area (Å²) in [7, 11) is 1.62. The van der Waals surface area contributed by atoms with Crippen molar-refractivity contribution in [1.82, 2.24) is 25.2 Å². The molecule has 0 bridgehead atoms. The number of aryl methyl sites for hydroxylation is 1. The van der Waals surface area contributed by atoms with Crippen LogP contribution in [0.4, 0.5) is 10.5 Å². The van der Waals surface area contributed by atoms with E-state index in [-0.39, 0.29) is 18.0 Å². The fourth-order valence-corrected chi connectivity index (χ4v) is 4.12. The minimum absolute atomic E-state index is 0.0204. The highest BCUT2D eigenvalue weighted by Gasteiger charge is 2.32. The molecule has 8 nitrogen and oxygen atoms in total. The van der Waals surface area contributed by atoms with E-state index in [1.54, 1.807) is 37.6 Å². The highest BCUT2D eigenvalue weighted by molar-refractivity contribution is 6.30. The van der Waals surface area contributed by atoms with Gasteiger partial charge in [-0.25, -0.2) is 14.8 Å². The number of amides is 2. The standard InChI is InChI=1S/C24H27ClN6O2/c1-16-26-11-17(12-27-16)14-31-10-9-23(21(15-31)22-8-7-20(33-2)13-28-22)30-24(32)29-19-5-3-18(25)4-6-19/h3-8,11-13,21,23H,9-10,14-15H2,1-2H3,(H2,29,30,32). The maximum Gasteiger partial charge on any atom is 0.319 e. The first-order chi connectivity index (χ1) is 16.0. The largest absolute Gasteiger partial charge is 0.495 e. The summed E-state index contributed by atoms with van der Waals surface area (Å²) in [6.45, 7) is 4.21. The van der Waals surface area contributed by atoms with E-state index in [2.05, 4.69) is 30.5 Å². The predicted octanol–water partition coefficient (Wildman–Crippen LogP) is 4.02. The monoisotopic (exact) mass is 466 g/mol. The van der Waals surface area contributed by atoms with Gasteiger partial charge >= 0.3 is 6.03 Å². The summed E-state index contributed by atoms with van der Waals surface area (Å²) in [5, 5.41) is 6.65. The lowest BCUT2D eigenvalue weighted by Crippen LogP contribution is -2.50. The van der Waals surface area contributed by atoms with Crippen molar-refractivity contribution in [3.8, 4) is 5.75 Å². The lowest BCUT2D eigenvalue weighted by Gasteiger charge is -2.38. The second kappa shape index (κ2) is 10.6. The minimum Gasteiger partial charge on any atom is -0.495 e. The van der Waals surface area contributed by atoms with Gasteiger partial charge in [-0.05, 0) is 49.7 Å². The molecular formula is C24H27ClN6O2. The van der Waals surface area contributed by atoms with Gasteiger partial charge in [0.15, 0.2) is 0 Å². The third-order valence-corrected chi connectivity index (χ3v) is 5.98. The first kappa shape index (κ1) is 22.9. The number of methoxy groups -OCH3 is 1. The number of piperidine rings is 1. The number of hydrogen-bond donors (Lipinski definition) is 2. The van der Waals surface area contributed by atoms with Gasteiger partial charge in [0, 0.05) is 66.0 Å². The average Bonchev–Trinajstić information content (AvgIpc) is 2.83. The Morgan fingerprint density at radius 2 is 1.88 bits per heavy atom. The molecule has 2 unspecified atom stereocenters. The Morgan fingerprint density at radius 1 is 1.12 bits per heavy atom. The van der Waals surface area contributed by atoms with Gasteiger partial charge in [0.2, 0.25) is 0 Å². The molecule has 3 heterocycles. The molecule has 2 amide bonds. The van der Waals surface area contributed by atoms with E-state index < -0.39 is 0 Å². The van der Waals surface area contributed by atoms with Crippen LogP contribution >= 0.6 is 11.6 Å². The molecule has 1 saturated heterocycles. The molecule has 9 heteroatoms. The number of halogens is 1. The van der Waals surface area contributed by atoms with Crippen LogP contribution < -0.4 is 15.4 Å². The number of likely N-dealkylation sites (tertiary alicyclic amines) is 1. The van der Waals surface area contributed by atoms with Gasteiger partial charge in [-0.2, -0.15) is 0 Å². The number of rotatable bonds is 6. The zero-order valence-corrected chi connectivity index (χ0v) is 19.4. The summed E-state index contributed by atoms with van der Waals surface area (Å²) in [5.41, 5.74) is 2.67. The van der Waals surface area contributed by atoms with Crippen molar-refractivity contribution in [3.63, 3.8) is 0 Å². The fourth-order valence-electron chi connectivity index (χ4n) is 4.00. The van der Waals surface area contributed by atoms with Crippen molar-refractivity contribution in [2.75, 3.05) is 25.5 Å². The predicted molar refractivity (Wildman–Crippen MR) is 128 cm³/mol. The maximum absolute atomic E-state index is 12.7. The number of carbonyl (C=O) groups excluding carboxylic acids is 1. The van der Waals surface area contributed by atoms with Crippen LogP contribution in [0.1, 0.15) is 29.4 Å². The Hall–Kier alpha value is -3.23. The van der Waals surface area contributed by atoms with E-state index in [1.807, 2.05) is 31.5 Å². The number of ether oxygens (including phenoxy) is 1. The third kappa shape index (κ3) is 6.18. The Morgan fingerprint density at radius 3 is 2.55 bits per heavy atom. The summed E-state index contributed by atoms with van der Waals surface area (Å²) in [6.07, 6.45) is 6.24. The molecule has 172 valence electrons. The normalized spacial score (nSPS) is 18.5. The Balaban J connectivity index is 1.47. The molecule has 1 fully saturated rings. The first-order valence-electron chi connectivity index (χ1n) is 10.8. The second-order valence-corrected chi connectivity index (χ2v) is 8.54. The molecule has 3 aromatic rings. The van der Waals surface area contributed by atoms with Crippen LogP contribution in [-0.2, 0) is 6.54 Å². The number of anilines is 1.